The Balaban J connectivity index is 3.00. The number of carbonyl (C=O) groups is 1. The third-order valence-electron chi connectivity index (χ3n) is 2.28. The highest BCUT2D eigenvalue weighted by Gasteiger charge is 2.22. The maximum Gasteiger partial charge on any atom is 0.261 e. The van der Waals surface area contributed by atoms with Crippen molar-refractivity contribution >= 4 is 15.9 Å². The number of rotatable bonds is 4. The molecule has 1 atom stereocenters. The number of halogens is 1. The van der Waals surface area contributed by atoms with Crippen LogP contribution in [0.25, 0.3) is 0 Å². The first-order valence-electron chi connectivity index (χ1n) is 5.00. The van der Waals surface area contributed by atoms with Gasteiger partial charge in [0.2, 0.25) is 10.0 Å². The van der Waals surface area contributed by atoms with E-state index in [2.05, 4.69) is 0 Å². The first kappa shape index (κ1) is 14.6. The number of benzene rings is 1. The van der Waals surface area contributed by atoms with Crippen molar-refractivity contribution in [3.05, 3.63) is 29.6 Å². The molecule has 0 aliphatic heterocycles. The van der Waals surface area contributed by atoms with Crippen molar-refractivity contribution in [2.45, 2.75) is 24.8 Å². The normalized spacial score (nSPS) is 13.1. The van der Waals surface area contributed by atoms with Crippen molar-refractivity contribution < 1.29 is 22.8 Å². The minimum atomic E-state index is -3.94. The van der Waals surface area contributed by atoms with E-state index >= 15 is 0 Å². The van der Waals surface area contributed by atoms with Crippen LogP contribution in [0, 0.1) is 12.7 Å². The minimum Gasteiger partial charge on any atom is -0.289 e. The Bertz CT molecular complexity index is 559. The monoisotopic (exact) mass is 276 g/mol. The largest absolute Gasteiger partial charge is 0.289 e. The van der Waals surface area contributed by atoms with E-state index in [0.29, 0.717) is 0 Å². The summed E-state index contributed by atoms with van der Waals surface area (Å²) in [6, 6.07) is 2.13. The van der Waals surface area contributed by atoms with E-state index in [9.17, 15) is 17.6 Å². The summed E-state index contributed by atoms with van der Waals surface area (Å²) in [5, 5.41) is 8.37. The first-order valence-corrected chi connectivity index (χ1v) is 6.48. The van der Waals surface area contributed by atoms with Gasteiger partial charge in [-0.2, -0.15) is 4.72 Å². The van der Waals surface area contributed by atoms with Gasteiger partial charge in [0, 0.05) is 0 Å². The summed E-state index contributed by atoms with van der Waals surface area (Å²) in [6.07, 6.45) is 0. The Morgan fingerprint density at radius 1 is 1.44 bits per heavy atom. The van der Waals surface area contributed by atoms with Crippen LogP contribution in [0.15, 0.2) is 23.1 Å². The van der Waals surface area contributed by atoms with Gasteiger partial charge < -0.3 is 0 Å². The standard InChI is InChI=1S/C10H13FN2O4S/c1-6-5-8(3-4-9(6)11)18(16,17)13-7(2)10(14)12-15/h3-5,7,13,15H,1-2H3,(H,12,14). The summed E-state index contributed by atoms with van der Waals surface area (Å²) < 4.78 is 38.7. The van der Waals surface area contributed by atoms with Crippen LogP contribution in [-0.2, 0) is 14.8 Å². The number of carbonyl (C=O) groups excluding carboxylic acids is 1. The van der Waals surface area contributed by atoms with E-state index in [1.165, 1.54) is 19.3 Å². The molecule has 0 aromatic heterocycles. The van der Waals surface area contributed by atoms with E-state index in [1.54, 1.807) is 0 Å². The smallest absolute Gasteiger partial charge is 0.261 e. The Hall–Kier alpha value is -1.51. The summed E-state index contributed by atoms with van der Waals surface area (Å²) in [6.45, 7) is 2.69. The Kier molecular flexibility index (Phi) is 4.38. The van der Waals surface area contributed by atoms with Crippen LogP contribution in [0.5, 0.6) is 0 Å². The molecular weight excluding hydrogens is 263 g/mol. The number of nitrogens with one attached hydrogen (secondary N) is 2. The molecule has 1 unspecified atom stereocenters. The van der Waals surface area contributed by atoms with Crippen molar-refractivity contribution in [3.63, 3.8) is 0 Å². The van der Waals surface area contributed by atoms with E-state index in [1.807, 2.05) is 4.72 Å². The average Bonchev–Trinajstić information content (AvgIpc) is 2.30. The van der Waals surface area contributed by atoms with Crippen molar-refractivity contribution in [2.75, 3.05) is 0 Å². The highest BCUT2D eigenvalue weighted by atomic mass is 32.2. The van der Waals surface area contributed by atoms with E-state index < -0.39 is 27.8 Å². The van der Waals surface area contributed by atoms with Crippen LogP contribution < -0.4 is 10.2 Å². The fourth-order valence-corrected chi connectivity index (χ4v) is 2.52. The lowest BCUT2D eigenvalue weighted by molar-refractivity contribution is -0.130. The third-order valence-corrected chi connectivity index (χ3v) is 3.81. The van der Waals surface area contributed by atoms with Gasteiger partial charge in [0.1, 0.15) is 11.9 Å². The number of sulfonamides is 1. The quantitative estimate of drug-likeness (QED) is 0.544. The molecule has 8 heteroatoms. The average molecular weight is 276 g/mol. The zero-order chi connectivity index (χ0) is 13.9. The fourth-order valence-electron chi connectivity index (χ4n) is 1.24. The molecule has 0 fully saturated rings. The van der Waals surface area contributed by atoms with Gasteiger partial charge in [-0.15, -0.1) is 0 Å². The molecule has 0 aliphatic carbocycles. The van der Waals surface area contributed by atoms with Crippen molar-refractivity contribution in [2.24, 2.45) is 0 Å². The highest BCUT2D eigenvalue weighted by molar-refractivity contribution is 7.89. The minimum absolute atomic E-state index is 0.154. The maximum absolute atomic E-state index is 13.0. The summed E-state index contributed by atoms with van der Waals surface area (Å²) in [5.74, 6) is -1.41. The molecule has 0 spiro atoms. The molecule has 0 bridgehead atoms. The predicted molar refractivity (Wildman–Crippen MR) is 60.8 cm³/mol. The van der Waals surface area contributed by atoms with Gasteiger partial charge in [0.05, 0.1) is 4.90 Å². The summed E-state index contributed by atoms with van der Waals surface area (Å²) >= 11 is 0. The molecule has 0 radical (unpaired) electrons. The van der Waals surface area contributed by atoms with Crippen LogP contribution in [0.1, 0.15) is 12.5 Å². The van der Waals surface area contributed by atoms with Crippen LogP contribution in [0.3, 0.4) is 0 Å². The number of hydrogen-bond acceptors (Lipinski definition) is 4. The number of hydrogen-bond donors (Lipinski definition) is 3. The number of hydroxylamine groups is 1. The lowest BCUT2D eigenvalue weighted by Gasteiger charge is -2.12. The SMILES string of the molecule is Cc1cc(S(=O)(=O)NC(C)C(=O)NO)ccc1F. The summed E-state index contributed by atoms with van der Waals surface area (Å²) in [4.78, 5) is 10.8. The third kappa shape index (κ3) is 3.25. The van der Waals surface area contributed by atoms with Crippen molar-refractivity contribution in [1.82, 2.24) is 10.2 Å². The highest BCUT2D eigenvalue weighted by Crippen LogP contribution is 2.14. The molecule has 1 aromatic rings. The second kappa shape index (κ2) is 5.42. The van der Waals surface area contributed by atoms with Crippen LogP contribution >= 0.6 is 0 Å². The molecule has 0 saturated carbocycles. The molecular formula is C10H13FN2O4S. The van der Waals surface area contributed by atoms with Gasteiger partial charge in [-0.05, 0) is 37.6 Å². The zero-order valence-corrected chi connectivity index (χ0v) is 10.6. The van der Waals surface area contributed by atoms with Crippen LogP contribution in [0.2, 0.25) is 0 Å². The zero-order valence-electron chi connectivity index (χ0n) is 9.77. The first-order chi connectivity index (χ1) is 8.27. The molecule has 3 N–H and O–H groups in total. The van der Waals surface area contributed by atoms with E-state index in [0.717, 1.165) is 18.2 Å². The molecule has 18 heavy (non-hydrogen) atoms. The number of aryl methyl sites for hydroxylation is 1. The van der Waals surface area contributed by atoms with Crippen LogP contribution in [0.4, 0.5) is 4.39 Å². The van der Waals surface area contributed by atoms with Crippen molar-refractivity contribution in [1.29, 1.82) is 0 Å². The van der Waals surface area contributed by atoms with E-state index in [-0.39, 0.29) is 10.5 Å². The lowest BCUT2D eigenvalue weighted by Crippen LogP contribution is -2.43. The maximum atomic E-state index is 13.0. The van der Waals surface area contributed by atoms with Gasteiger partial charge >= 0.3 is 0 Å². The Morgan fingerprint density at radius 3 is 2.56 bits per heavy atom. The Morgan fingerprint density at radius 2 is 2.06 bits per heavy atom. The van der Waals surface area contributed by atoms with Gasteiger partial charge in [0.25, 0.3) is 5.91 Å². The molecule has 1 rings (SSSR count). The molecule has 0 aliphatic rings. The molecule has 100 valence electrons. The molecule has 0 saturated heterocycles. The van der Waals surface area contributed by atoms with Crippen molar-refractivity contribution in [3.8, 4) is 0 Å². The topological polar surface area (TPSA) is 95.5 Å². The summed E-state index contributed by atoms with van der Waals surface area (Å²) in [7, 11) is -3.94. The Labute approximate surface area is 104 Å². The summed E-state index contributed by atoms with van der Waals surface area (Å²) in [5.41, 5.74) is 1.51. The van der Waals surface area contributed by atoms with E-state index in [4.69, 9.17) is 5.21 Å². The van der Waals surface area contributed by atoms with Gasteiger partial charge in [-0.25, -0.2) is 18.3 Å². The van der Waals surface area contributed by atoms with Gasteiger partial charge in [-0.3, -0.25) is 10.0 Å². The van der Waals surface area contributed by atoms with Gasteiger partial charge in [0.15, 0.2) is 0 Å². The molecule has 6 nitrogen and oxygen atoms in total. The predicted octanol–water partition coefficient (Wildman–Crippen LogP) is 0.306. The number of amides is 1. The molecule has 1 amide bonds. The fraction of sp³-hybridized carbons (Fsp3) is 0.300. The molecule has 1 aromatic carbocycles. The van der Waals surface area contributed by atoms with Crippen LogP contribution in [-0.4, -0.2) is 25.6 Å². The lowest BCUT2D eigenvalue weighted by atomic mass is 10.2. The second-order valence-electron chi connectivity index (χ2n) is 3.73. The second-order valence-corrected chi connectivity index (χ2v) is 5.44. The molecule has 0 heterocycles. The van der Waals surface area contributed by atoms with Gasteiger partial charge in [-0.1, -0.05) is 0 Å².